The summed E-state index contributed by atoms with van der Waals surface area (Å²) in [5.74, 6) is -2.71. The number of nitrogens with one attached hydrogen (secondary N) is 1. The highest BCUT2D eigenvalue weighted by molar-refractivity contribution is 7.12. The number of carboxylic acids is 1. The van der Waals surface area contributed by atoms with Crippen molar-refractivity contribution in [1.29, 1.82) is 0 Å². The van der Waals surface area contributed by atoms with Crippen molar-refractivity contribution in [2.75, 3.05) is 12.4 Å². The first kappa shape index (κ1) is 12.9. The molecule has 0 bridgehead atoms. The zero-order chi connectivity index (χ0) is 12.8. The zero-order valence-electron chi connectivity index (χ0n) is 8.76. The lowest BCUT2D eigenvalue weighted by atomic mass is 10.3. The van der Waals surface area contributed by atoms with Crippen LogP contribution in [-0.2, 0) is 14.3 Å². The van der Waals surface area contributed by atoms with Crippen LogP contribution in [0.2, 0.25) is 0 Å². The summed E-state index contributed by atoms with van der Waals surface area (Å²) in [4.78, 5) is 32.8. The number of carbonyl (C=O) groups excluding carboxylic acids is 3. The van der Waals surface area contributed by atoms with Crippen LogP contribution in [0.15, 0.2) is 23.6 Å². The molecule has 1 heterocycles. The van der Waals surface area contributed by atoms with Crippen LogP contribution in [-0.4, -0.2) is 25.0 Å². The summed E-state index contributed by atoms with van der Waals surface area (Å²) in [7, 11) is 1.23. The van der Waals surface area contributed by atoms with Crippen molar-refractivity contribution in [1.82, 2.24) is 0 Å². The third-order valence-electron chi connectivity index (χ3n) is 1.66. The predicted octanol–water partition coefficient (Wildman–Crippen LogP) is -0.221. The van der Waals surface area contributed by atoms with Crippen LogP contribution < -0.4 is 10.4 Å². The Hall–Kier alpha value is -2.15. The molecule has 1 amide bonds. The second-order valence-electron chi connectivity index (χ2n) is 2.80. The minimum Gasteiger partial charge on any atom is -0.545 e. The van der Waals surface area contributed by atoms with Crippen molar-refractivity contribution < 1.29 is 24.2 Å². The average molecular weight is 254 g/mol. The number of anilines is 1. The zero-order valence-corrected chi connectivity index (χ0v) is 9.58. The minimum atomic E-state index is -1.47. The molecule has 1 aromatic heterocycles. The largest absolute Gasteiger partial charge is 0.545 e. The third kappa shape index (κ3) is 3.72. The highest BCUT2D eigenvalue weighted by Crippen LogP contribution is 2.22. The van der Waals surface area contributed by atoms with Gasteiger partial charge in [0.1, 0.15) is 4.88 Å². The number of methoxy groups -OCH3 is 1. The van der Waals surface area contributed by atoms with Crippen molar-refractivity contribution in [3.05, 3.63) is 28.5 Å². The standard InChI is InChI=1S/C10H9NO5S/c1-16-10(15)9-6(4-5-17-9)11-7(12)2-3-8(13)14/h2-5H,1H3,(H,11,12)(H,13,14)/p-1. The summed E-state index contributed by atoms with van der Waals surface area (Å²) in [6.07, 6.45) is 1.40. The van der Waals surface area contributed by atoms with E-state index in [-0.39, 0.29) is 10.6 Å². The molecule has 7 heteroatoms. The molecule has 0 spiro atoms. The van der Waals surface area contributed by atoms with Crippen molar-refractivity contribution in [2.45, 2.75) is 0 Å². The van der Waals surface area contributed by atoms with E-state index in [2.05, 4.69) is 10.1 Å². The summed E-state index contributed by atoms with van der Waals surface area (Å²) in [6, 6.07) is 1.52. The van der Waals surface area contributed by atoms with Gasteiger partial charge in [-0.3, -0.25) is 4.79 Å². The summed E-state index contributed by atoms with van der Waals surface area (Å²) in [5, 5.41) is 14.0. The Bertz CT molecular complexity index is 477. The topological polar surface area (TPSA) is 95.5 Å². The van der Waals surface area contributed by atoms with Crippen LogP contribution in [0, 0.1) is 0 Å². The second-order valence-corrected chi connectivity index (χ2v) is 3.71. The molecule has 1 rings (SSSR count). The molecule has 0 aliphatic carbocycles. The van der Waals surface area contributed by atoms with Gasteiger partial charge in [0.25, 0.3) is 0 Å². The molecular formula is C10H8NO5S-. The average Bonchev–Trinajstić information content (AvgIpc) is 2.73. The van der Waals surface area contributed by atoms with E-state index >= 15 is 0 Å². The number of aliphatic carboxylic acids is 1. The van der Waals surface area contributed by atoms with E-state index in [1.807, 2.05) is 0 Å². The molecular weight excluding hydrogens is 246 g/mol. The van der Waals surface area contributed by atoms with E-state index in [1.54, 1.807) is 5.38 Å². The number of thiophene rings is 1. The number of hydrogen-bond acceptors (Lipinski definition) is 6. The van der Waals surface area contributed by atoms with Crippen LogP contribution in [0.1, 0.15) is 9.67 Å². The van der Waals surface area contributed by atoms with Gasteiger partial charge < -0.3 is 20.0 Å². The molecule has 0 radical (unpaired) electrons. The van der Waals surface area contributed by atoms with Crippen LogP contribution in [0.4, 0.5) is 5.69 Å². The smallest absolute Gasteiger partial charge is 0.350 e. The van der Waals surface area contributed by atoms with Gasteiger partial charge in [-0.05, 0) is 17.5 Å². The van der Waals surface area contributed by atoms with Gasteiger partial charge in [-0.2, -0.15) is 0 Å². The molecule has 1 aromatic rings. The lowest BCUT2D eigenvalue weighted by Crippen LogP contribution is -2.20. The molecule has 1 N–H and O–H groups in total. The molecule has 0 aliphatic heterocycles. The Morgan fingerprint density at radius 1 is 1.41 bits per heavy atom. The normalized spacial score (nSPS) is 10.2. The monoisotopic (exact) mass is 254 g/mol. The molecule has 0 unspecified atom stereocenters. The van der Waals surface area contributed by atoms with Gasteiger partial charge in [-0.15, -0.1) is 11.3 Å². The van der Waals surface area contributed by atoms with Gasteiger partial charge in [-0.25, -0.2) is 4.79 Å². The number of carboxylic acid groups (broad SMARTS) is 1. The molecule has 90 valence electrons. The number of esters is 1. The Morgan fingerprint density at radius 2 is 2.12 bits per heavy atom. The Morgan fingerprint density at radius 3 is 2.71 bits per heavy atom. The first-order valence-electron chi connectivity index (χ1n) is 4.40. The van der Waals surface area contributed by atoms with E-state index in [1.165, 1.54) is 13.2 Å². The fraction of sp³-hybridized carbons (Fsp3) is 0.100. The van der Waals surface area contributed by atoms with Crippen LogP contribution in [0.3, 0.4) is 0 Å². The number of amides is 1. The summed E-state index contributed by atoms with van der Waals surface area (Å²) in [5.41, 5.74) is 0.273. The van der Waals surface area contributed by atoms with Gasteiger partial charge in [0, 0.05) is 6.08 Å². The van der Waals surface area contributed by atoms with Gasteiger partial charge in [0.2, 0.25) is 5.91 Å². The predicted molar refractivity (Wildman–Crippen MR) is 58.4 cm³/mol. The Kier molecular flexibility index (Phi) is 4.41. The molecule has 6 nitrogen and oxygen atoms in total. The van der Waals surface area contributed by atoms with Gasteiger partial charge >= 0.3 is 5.97 Å². The first-order valence-corrected chi connectivity index (χ1v) is 5.28. The second kappa shape index (κ2) is 5.80. The fourth-order valence-electron chi connectivity index (χ4n) is 0.977. The molecule has 0 aromatic carbocycles. The first-order chi connectivity index (χ1) is 8.04. The van der Waals surface area contributed by atoms with Crippen LogP contribution >= 0.6 is 11.3 Å². The lowest BCUT2D eigenvalue weighted by Gasteiger charge is -2.02. The number of carbonyl (C=O) groups is 3. The summed E-state index contributed by atoms with van der Waals surface area (Å²) < 4.78 is 4.51. The quantitative estimate of drug-likeness (QED) is 0.592. The van der Waals surface area contributed by atoms with Crippen molar-refractivity contribution in [3.8, 4) is 0 Å². The van der Waals surface area contributed by atoms with Gasteiger partial charge in [-0.1, -0.05) is 0 Å². The summed E-state index contributed by atoms with van der Waals surface area (Å²) >= 11 is 1.11. The van der Waals surface area contributed by atoms with E-state index in [0.29, 0.717) is 6.08 Å². The maximum atomic E-state index is 11.3. The maximum absolute atomic E-state index is 11.3. The lowest BCUT2D eigenvalue weighted by molar-refractivity contribution is -0.297. The molecule has 0 saturated carbocycles. The third-order valence-corrected chi connectivity index (χ3v) is 2.56. The Labute approximate surface area is 101 Å². The van der Waals surface area contributed by atoms with Crippen molar-refractivity contribution in [2.24, 2.45) is 0 Å². The highest BCUT2D eigenvalue weighted by atomic mass is 32.1. The number of rotatable bonds is 4. The summed E-state index contributed by atoms with van der Waals surface area (Å²) in [6.45, 7) is 0. The fourth-order valence-corrected chi connectivity index (χ4v) is 1.74. The van der Waals surface area contributed by atoms with E-state index in [9.17, 15) is 19.5 Å². The molecule has 0 saturated heterocycles. The molecule has 17 heavy (non-hydrogen) atoms. The van der Waals surface area contributed by atoms with Gasteiger partial charge in [0.05, 0.1) is 18.8 Å². The maximum Gasteiger partial charge on any atom is 0.350 e. The molecule has 0 atom stereocenters. The van der Waals surface area contributed by atoms with E-state index < -0.39 is 17.8 Å². The minimum absolute atomic E-state index is 0.239. The highest BCUT2D eigenvalue weighted by Gasteiger charge is 2.14. The SMILES string of the molecule is COC(=O)c1sccc1NC(=O)C=CC(=O)[O-]. The number of hydrogen-bond donors (Lipinski definition) is 1. The van der Waals surface area contributed by atoms with E-state index in [4.69, 9.17) is 0 Å². The Balaban J connectivity index is 2.75. The van der Waals surface area contributed by atoms with Crippen LogP contribution in [0.5, 0.6) is 0 Å². The van der Waals surface area contributed by atoms with Crippen molar-refractivity contribution in [3.63, 3.8) is 0 Å². The van der Waals surface area contributed by atoms with Crippen molar-refractivity contribution >= 4 is 34.9 Å². The van der Waals surface area contributed by atoms with Crippen LogP contribution in [0.25, 0.3) is 0 Å². The molecule has 0 aliphatic rings. The van der Waals surface area contributed by atoms with Gasteiger partial charge in [0.15, 0.2) is 0 Å². The molecule has 0 fully saturated rings. The number of ether oxygens (including phenoxy) is 1. The van der Waals surface area contributed by atoms with E-state index in [0.717, 1.165) is 17.4 Å².